The molecule has 1 fully saturated rings. The lowest BCUT2D eigenvalue weighted by atomic mass is 9.88. The minimum Gasteiger partial charge on any atom is -0.367 e. The van der Waals surface area contributed by atoms with Crippen LogP contribution in [0.15, 0.2) is 65.9 Å². The van der Waals surface area contributed by atoms with Crippen LogP contribution in [0.25, 0.3) is 0 Å². The van der Waals surface area contributed by atoms with E-state index in [2.05, 4.69) is 57.6 Å². The molecule has 3 N–H and O–H groups in total. The first-order valence-electron chi connectivity index (χ1n) is 10.8. The Morgan fingerprint density at radius 1 is 1.10 bits per heavy atom. The molecule has 6 nitrogen and oxygen atoms in total. The van der Waals surface area contributed by atoms with Gasteiger partial charge in [-0.1, -0.05) is 42.5 Å². The fourth-order valence-electron chi connectivity index (χ4n) is 4.70. The molecule has 3 amide bonds. The second-order valence-electron chi connectivity index (χ2n) is 8.23. The van der Waals surface area contributed by atoms with Crippen LogP contribution < -0.4 is 16.0 Å². The molecule has 0 aromatic heterocycles. The Balaban J connectivity index is 1.50. The third-order valence-corrected chi connectivity index (χ3v) is 6.30. The monoisotopic (exact) mass is 406 g/mol. The molecule has 6 heteroatoms. The summed E-state index contributed by atoms with van der Waals surface area (Å²) in [4.78, 5) is 29.1. The Morgan fingerprint density at radius 3 is 2.60 bits per heavy atom. The van der Waals surface area contributed by atoms with Gasteiger partial charge in [-0.15, -0.1) is 0 Å². The lowest BCUT2D eigenvalue weighted by molar-refractivity contribution is -0.138. The second-order valence-corrected chi connectivity index (χ2v) is 8.23. The fourth-order valence-corrected chi connectivity index (χ4v) is 4.70. The number of urea groups is 1. The summed E-state index contributed by atoms with van der Waals surface area (Å²) in [7, 11) is 0. The Kier molecular flexibility index (Phi) is 6.21. The predicted octanol–water partition coefficient (Wildman–Crippen LogP) is 3.33. The van der Waals surface area contributed by atoms with Gasteiger partial charge >= 0.3 is 6.03 Å². The van der Waals surface area contributed by atoms with Crippen molar-refractivity contribution in [2.45, 2.75) is 38.1 Å². The molecule has 0 radical (unpaired) electrons. The number of nitrogens with one attached hydrogen (secondary N) is 1. The van der Waals surface area contributed by atoms with E-state index in [-0.39, 0.29) is 17.9 Å². The van der Waals surface area contributed by atoms with Crippen molar-refractivity contribution >= 4 is 17.6 Å². The zero-order valence-corrected chi connectivity index (χ0v) is 17.3. The van der Waals surface area contributed by atoms with Gasteiger partial charge in [0.1, 0.15) is 0 Å². The number of rotatable bonds is 4. The highest BCUT2D eigenvalue weighted by molar-refractivity contribution is 5.81. The molecule has 2 atom stereocenters. The molecule has 4 rings (SSSR count). The number of anilines is 1. The second kappa shape index (κ2) is 9.20. The minimum absolute atomic E-state index is 0.0334. The number of nitrogens with zero attached hydrogens (tertiary/aromatic N) is 2. The molecule has 3 aliphatic rings. The number of hydrogen-bond donors (Lipinski definition) is 2. The van der Waals surface area contributed by atoms with Crippen molar-refractivity contribution in [3.05, 3.63) is 65.9 Å². The molecule has 1 unspecified atom stereocenters. The van der Waals surface area contributed by atoms with Crippen LogP contribution in [-0.2, 0) is 4.79 Å². The Bertz CT molecular complexity index is 874. The van der Waals surface area contributed by atoms with Crippen molar-refractivity contribution in [2.24, 2.45) is 11.7 Å². The van der Waals surface area contributed by atoms with Gasteiger partial charge in [0.25, 0.3) is 0 Å². The number of nitrogens with two attached hydrogens (primary N) is 1. The van der Waals surface area contributed by atoms with E-state index in [4.69, 9.17) is 5.73 Å². The fraction of sp³-hybridized carbons (Fsp3) is 0.417. The first-order chi connectivity index (χ1) is 14.6. The Morgan fingerprint density at radius 2 is 1.93 bits per heavy atom. The van der Waals surface area contributed by atoms with Crippen LogP contribution in [0, 0.1) is 5.92 Å². The van der Waals surface area contributed by atoms with Crippen LogP contribution >= 0.6 is 0 Å². The molecule has 0 saturated carbocycles. The first kappa shape index (κ1) is 20.3. The van der Waals surface area contributed by atoms with Gasteiger partial charge in [0, 0.05) is 36.9 Å². The van der Waals surface area contributed by atoms with Crippen molar-refractivity contribution in [3.8, 4) is 0 Å². The van der Waals surface area contributed by atoms with Crippen molar-refractivity contribution in [1.29, 1.82) is 0 Å². The van der Waals surface area contributed by atoms with Gasteiger partial charge in [0.15, 0.2) is 0 Å². The van der Waals surface area contributed by atoms with E-state index in [0.29, 0.717) is 12.8 Å². The standard InChI is InChI=1S/C24H30N4O2/c25-24(30)26-20-13-11-19(12-14-20)23(29)28-16-15-27(21-9-5-2-6-10-21)17-22(28)18-7-3-1-4-8-18/h1-3,5-7,9-10,13,19,22H,4,8,11-12,14-17H2,(H3,25,26,30)/t19-,22?/m1/s1. The maximum Gasteiger partial charge on any atom is 0.316 e. The zero-order valence-electron chi connectivity index (χ0n) is 17.3. The summed E-state index contributed by atoms with van der Waals surface area (Å²) >= 11 is 0. The number of carbonyl (C=O) groups excluding carboxylic acids is 2. The normalized spacial score (nSPS) is 24.1. The van der Waals surface area contributed by atoms with Crippen LogP contribution in [0.3, 0.4) is 0 Å². The van der Waals surface area contributed by atoms with Crippen LogP contribution in [0.1, 0.15) is 32.1 Å². The molecule has 158 valence electrons. The maximum absolute atomic E-state index is 13.5. The number of piperazine rings is 1. The van der Waals surface area contributed by atoms with E-state index in [1.807, 2.05) is 12.1 Å². The van der Waals surface area contributed by atoms with Crippen molar-refractivity contribution < 1.29 is 9.59 Å². The first-order valence-corrected chi connectivity index (χ1v) is 10.8. The topological polar surface area (TPSA) is 78.7 Å². The van der Waals surface area contributed by atoms with E-state index in [0.717, 1.165) is 44.6 Å². The quantitative estimate of drug-likeness (QED) is 0.805. The molecule has 2 aliphatic carbocycles. The average molecular weight is 407 g/mol. The van der Waals surface area contributed by atoms with Crippen molar-refractivity contribution in [3.63, 3.8) is 0 Å². The number of allylic oxidation sites excluding steroid dienone is 5. The highest BCUT2D eigenvalue weighted by Gasteiger charge is 2.36. The van der Waals surface area contributed by atoms with E-state index in [1.165, 1.54) is 11.3 Å². The van der Waals surface area contributed by atoms with Gasteiger partial charge in [-0.25, -0.2) is 4.79 Å². The van der Waals surface area contributed by atoms with Crippen molar-refractivity contribution in [1.82, 2.24) is 10.2 Å². The number of benzene rings is 1. The molecule has 0 spiro atoms. The van der Waals surface area contributed by atoms with E-state index in [9.17, 15) is 9.59 Å². The number of amides is 3. The van der Waals surface area contributed by atoms with Crippen LogP contribution in [0.5, 0.6) is 0 Å². The van der Waals surface area contributed by atoms with Crippen LogP contribution in [0.4, 0.5) is 10.5 Å². The summed E-state index contributed by atoms with van der Waals surface area (Å²) in [5.41, 5.74) is 8.60. The third-order valence-electron chi connectivity index (χ3n) is 6.30. The molecule has 0 bridgehead atoms. The Labute approximate surface area is 178 Å². The number of para-hydroxylation sites is 1. The summed E-state index contributed by atoms with van der Waals surface area (Å²) in [5, 5.41) is 2.66. The number of carbonyl (C=O) groups is 2. The lowest BCUT2D eigenvalue weighted by Crippen LogP contribution is -2.57. The molecular formula is C24H30N4O2. The van der Waals surface area contributed by atoms with E-state index in [1.54, 1.807) is 0 Å². The van der Waals surface area contributed by atoms with Gasteiger partial charge in [0.2, 0.25) is 5.91 Å². The molecule has 1 saturated heterocycles. The highest BCUT2D eigenvalue weighted by Crippen LogP contribution is 2.30. The summed E-state index contributed by atoms with van der Waals surface area (Å²) in [5.74, 6) is 0.200. The summed E-state index contributed by atoms with van der Waals surface area (Å²) in [6, 6.07) is 10.0. The number of primary amides is 1. The van der Waals surface area contributed by atoms with Gasteiger partial charge in [-0.2, -0.15) is 0 Å². The van der Waals surface area contributed by atoms with Crippen LogP contribution in [0.2, 0.25) is 0 Å². The summed E-state index contributed by atoms with van der Waals surface area (Å²) in [6.07, 6.45) is 12.6. The number of hydrogen-bond acceptors (Lipinski definition) is 3. The molecule has 1 heterocycles. The van der Waals surface area contributed by atoms with Gasteiger partial charge in [0.05, 0.1) is 6.04 Å². The highest BCUT2D eigenvalue weighted by atomic mass is 16.2. The average Bonchev–Trinajstić information content (AvgIpc) is 2.79. The summed E-state index contributed by atoms with van der Waals surface area (Å²) in [6.45, 7) is 2.39. The maximum atomic E-state index is 13.5. The van der Waals surface area contributed by atoms with Gasteiger partial charge < -0.3 is 20.9 Å². The smallest absolute Gasteiger partial charge is 0.316 e. The SMILES string of the molecule is NC(=O)NC1=CC[C@@H](C(=O)N2CCN(c3ccccc3)CC2C2=CC=CCC2)CC1. The molecule has 30 heavy (non-hydrogen) atoms. The lowest BCUT2D eigenvalue weighted by Gasteiger charge is -2.45. The van der Waals surface area contributed by atoms with Crippen LogP contribution in [-0.4, -0.2) is 42.5 Å². The van der Waals surface area contributed by atoms with Crippen molar-refractivity contribution in [2.75, 3.05) is 24.5 Å². The largest absolute Gasteiger partial charge is 0.367 e. The summed E-state index contributed by atoms with van der Waals surface area (Å²) < 4.78 is 0. The molecule has 1 aromatic rings. The molecule has 1 aromatic carbocycles. The molecule has 1 aliphatic heterocycles. The predicted molar refractivity (Wildman–Crippen MR) is 119 cm³/mol. The van der Waals surface area contributed by atoms with E-state index < -0.39 is 6.03 Å². The minimum atomic E-state index is -0.541. The zero-order chi connectivity index (χ0) is 20.9. The Hall–Kier alpha value is -3.02. The molecular weight excluding hydrogens is 376 g/mol. The van der Waals surface area contributed by atoms with Gasteiger partial charge in [-0.05, 0) is 49.8 Å². The third kappa shape index (κ3) is 4.58. The van der Waals surface area contributed by atoms with E-state index >= 15 is 0 Å². The van der Waals surface area contributed by atoms with Gasteiger partial charge in [-0.3, -0.25) is 4.79 Å².